The summed E-state index contributed by atoms with van der Waals surface area (Å²) in [6.45, 7) is 1.61. The number of carboxylic acids is 1. The van der Waals surface area contributed by atoms with Crippen molar-refractivity contribution in [2.75, 3.05) is 13.3 Å². The summed E-state index contributed by atoms with van der Waals surface area (Å²) in [4.78, 5) is 24.6. The Bertz CT molecular complexity index is 862. The number of hydrogen-bond donors (Lipinski definition) is 1. The zero-order valence-electron chi connectivity index (χ0n) is 12.7. The number of carbonyl (C=O) groups excluding carboxylic acids is 1. The normalized spacial score (nSPS) is 11.4. The van der Waals surface area contributed by atoms with Gasteiger partial charge in [0.15, 0.2) is 9.84 Å². The van der Waals surface area contributed by atoms with Crippen molar-refractivity contribution >= 4 is 33.1 Å². The van der Waals surface area contributed by atoms with E-state index in [1.54, 1.807) is 0 Å². The number of carboxylic acid groups (broad SMARTS) is 1. The topological polar surface area (TPSA) is 105 Å². The fourth-order valence-corrected chi connectivity index (χ4v) is 3.77. The van der Waals surface area contributed by atoms with E-state index < -0.39 is 15.8 Å². The molecule has 0 saturated heterocycles. The number of thiophene rings is 1. The standard InChI is InChI=1S/C14H15NO6S2/c1-8-11(14(17)18)5-10(21-8)6-15(2)13(16)9-4-12(22-7-9)23(3,19)20/h4-5,7H,6H2,1-3H3,(H,17,18). The molecular formula is C14H15NO6S2. The summed E-state index contributed by atoms with van der Waals surface area (Å²) in [7, 11) is -1.82. The lowest BCUT2D eigenvalue weighted by Gasteiger charge is -2.14. The SMILES string of the molecule is Cc1oc(CN(C)C(=O)c2csc(S(C)(=O)=O)c2)cc1C(=O)O. The molecule has 0 aliphatic carbocycles. The molecule has 0 bridgehead atoms. The van der Waals surface area contributed by atoms with E-state index in [1.165, 1.54) is 36.4 Å². The maximum absolute atomic E-state index is 12.3. The molecule has 0 aliphatic rings. The van der Waals surface area contributed by atoms with Crippen LogP contribution in [0.3, 0.4) is 0 Å². The van der Waals surface area contributed by atoms with Gasteiger partial charge in [0.25, 0.3) is 5.91 Å². The van der Waals surface area contributed by atoms with Crippen LogP contribution in [-0.4, -0.2) is 43.6 Å². The third-order valence-corrected chi connectivity index (χ3v) is 5.89. The molecule has 2 aromatic heterocycles. The molecule has 0 aromatic carbocycles. The summed E-state index contributed by atoms with van der Waals surface area (Å²) in [6, 6.07) is 2.70. The van der Waals surface area contributed by atoms with Gasteiger partial charge in [-0.2, -0.15) is 0 Å². The molecule has 23 heavy (non-hydrogen) atoms. The maximum Gasteiger partial charge on any atom is 0.339 e. The van der Waals surface area contributed by atoms with Gasteiger partial charge in [0.1, 0.15) is 21.3 Å². The van der Waals surface area contributed by atoms with Crippen molar-refractivity contribution in [3.8, 4) is 0 Å². The first kappa shape index (κ1) is 17.2. The van der Waals surface area contributed by atoms with Gasteiger partial charge in [0.05, 0.1) is 12.1 Å². The Kier molecular flexibility index (Phi) is 4.62. The van der Waals surface area contributed by atoms with Crippen LogP contribution in [0.4, 0.5) is 0 Å². The van der Waals surface area contributed by atoms with E-state index in [2.05, 4.69) is 0 Å². The number of sulfone groups is 1. The number of amides is 1. The number of hydrogen-bond acceptors (Lipinski definition) is 6. The van der Waals surface area contributed by atoms with Gasteiger partial charge in [-0.1, -0.05) is 0 Å². The molecule has 2 heterocycles. The number of aryl methyl sites for hydroxylation is 1. The fraction of sp³-hybridized carbons (Fsp3) is 0.286. The zero-order chi connectivity index (χ0) is 17.4. The highest BCUT2D eigenvalue weighted by Crippen LogP contribution is 2.22. The van der Waals surface area contributed by atoms with Crippen LogP contribution in [-0.2, 0) is 16.4 Å². The third kappa shape index (κ3) is 3.80. The molecule has 0 radical (unpaired) electrons. The van der Waals surface area contributed by atoms with Gasteiger partial charge in [0, 0.05) is 18.7 Å². The number of rotatable bonds is 5. The first-order chi connectivity index (χ1) is 10.6. The van der Waals surface area contributed by atoms with Crippen molar-refractivity contribution < 1.29 is 27.5 Å². The van der Waals surface area contributed by atoms with Gasteiger partial charge in [-0.05, 0) is 19.1 Å². The van der Waals surface area contributed by atoms with Gasteiger partial charge in [-0.25, -0.2) is 13.2 Å². The van der Waals surface area contributed by atoms with E-state index in [9.17, 15) is 18.0 Å². The second-order valence-electron chi connectivity index (χ2n) is 5.08. The van der Waals surface area contributed by atoms with Crippen molar-refractivity contribution in [3.63, 3.8) is 0 Å². The minimum atomic E-state index is -3.35. The summed E-state index contributed by atoms with van der Waals surface area (Å²) in [5.41, 5.74) is 0.315. The van der Waals surface area contributed by atoms with Crippen LogP contribution in [0.25, 0.3) is 0 Å². The monoisotopic (exact) mass is 357 g/mol. The molecule has 1 N–H and O–H groups in total. The van der Waals surface area contributed by atoms with Crippen LogP contribution in [0.5, 0.6) is 0 Å². The Hall–Kier alpha value is -2.13. The fourth-order valence-electron chi connectivity index (χ4n) is 1.98. The Morgan fingerprint density at radius 2 is 2.00 bits per heavy atom. The van der Waals surface area contributed by atoms with Gasteiger partial charge >= 0.3 is 5.97 Å². The van der Waals surface area contributed by atoms with Crippen molar-refractivity contribution in [3.05, 3.63) is 40.2 Å². The van der Waals surface area contributed by atoms with Gasteiger partial charge in [-0.15, -0.1) is 11.3 Å². The molecule has 2 aromatic rings. The average molecular weight is 357 g/mol. The van der Waals surface area contributed by atoms with E-state index in [-0.39, 0.29) is 33.5 Å². The molecule has 124 valence electrons. The lowest BCUT2D eigenvalue weighted by molar-refractivity contribution is 0.0694. The van der Waals surface area contributed by atoms with Crippen molar-refractivity contribution in [2.45, 2.75) is 17.7 Å². The summed E-state index contributed by atoms with van der Waals surface area (Å²) in [5, 5.41) is 10.5. The zero-order valence-corrected chi connectivity index (χ0v) is 14.3. The van der Waals surface area contributed by atoms with Crippen LogP contribution in [0.1, 0.15) is 32.2 Å². The maximum atomic E-state index is 12.3. The minimum absolute atomic E-state index is 0.0516. The highest BCUT2D eigenvalue weighted by Gasteiger charge is 2.20. The largest absolute Gasteiger partial charge is 0.478 e. The second-order valence-corrected chi connectivity index (χ2v) is 8.23. The Morgan fingerprint density at radius 1 is 1.35 bits per heavy atom. The number of nitrogens with zero attached hydrogens (tertiary/aromatic N) is 1. The quantitative estimate of drug-likeness (QED) is 0.878. The van der Waals surface area contributed by atoms with E-state index in [4.69, 9.17) is 9.52 Å². The molecule has 0 atom stereocenters. The highest BCUT2D eigenvalue weighted by molar-refractivity contribution is 7.92. The highest BCUT2D eigenvalue weighted by atomic mass is 32.2. The van der Waals surface area contributed by atoms with Crippen LogP contribution in [0.15, 0.2) is 26.1 Å². The molecule has 0 unspecified atom stereocenters. The predicted molar refractivity (Wildman–Crippen MR) is 83.6 cm³/mol. The van der Waals surface area contributed by atoms with Crippen LogP contribution < -0.4 is 0 Å². The summed E-state index contributed by atoms with van der Waals surface area (Å²) >= 11 is 0.982. The van der Waals surface area contributed by atoms with E-state index in [0.29, 0.717) is 5.76 Å². The molecule has 2 rings (SSSR count). The molecular weight excluding hydrogens is 342 g/mol. The lowest BCUT2D eigenvalue weighted by Crippen LogP contribution is -2.25. The molecule has 9 heteroatoms. The van der Waals surface area contributed by atoms with Gasteiger partial charge < -0.3 is 14.4 Å². The van der Waals surface area contributed by atoms with E-state index in [1.807, 2.05) is 0 Å². The van der Waals surface area contributed by atoms with Crippen molar-refractivity contribution in [2.24, 2.45) is 0 Å². The number of carbonyl (C=O) groups is 2. The van der Waals surface area contributed by atoms with E-state index >= 15 is 0 Å². The molecule has 1 amide bonds. The van der Waals surface area contributed by atoms with E-state index in [0.717, 1.165) is 17.6 Å². The number of aromatic carboxylic acids is 1. The van der Waals surface area contributed by atoms with Crippen molar-refractivity contribution in [1.82, 2.24) is 4.90 Å². The summed E-state index contributed by atoms with van der Waals surface area (Å²) < 4.78 is 28.3. The second kappa shape index (κ2) is 6.17. The lowest BCUT2D eigenvalue weighted by atomic mass is 10.2. The molecule has 0 fully saturated rings. The Morgan fingerprint density at radius 3 is 2.48 bits per heavy atom. The Balaban J connectivity index is 2.16. The minimum Gasteiger partial charge on any atom is -0.478 e. The first-order valence-electron chi connectivity index (χ1n) is 6.46. The van der Waals surface area contributed by atoms with Gasteiger partial charge in [-0.3, -0.25) is 4.79 Å². The van der Waals surface area contributed by atoms with Crippen LogP contribution >= 0.6 is 11.3 Å². The summed E-state index contributed by atoms with van der Waals surface area (Å²) in [5.74, 6) is -0.859. The van der Waals surface area contributed by atoms with Crippen LogP contribution in [0, 0.1) is 6.92 Å². The van der Waals surface area contributed by atoms with Crippen molar-refractivity contribution in [1.29, 1.82) is 0 Å². The predicted octanol–water partition coefficient (Wildman–Crippen LogP) is 2.02. The van der Waals surface area contributed by atoms with Gasteiger partial charge in [0.2, 0.25) is 0 Å². The smallest absolute Gasteiger partial charge is 0.339 e. The molecule has 0 spiro atoms. The average Bonchev–Trinajstić information content (AvgIpc) is 3.04. The molecule has 0 saturated carbocycles. The number of furan rings is 1. The molecule has 0 aliphatic heterocycles. The van der Waals surface area contributed by atoms with Crippen LogP contribution in [0.2, 0.25) is 0 Å². The molecule has 7 nitrogen and oxygen atoms in total. The first-order valence-corrected chi connectivity index (χ1v) is 9.23. The Labute approximate surface area is 137 Å². The third-order valence-electron chi connectivity index (χ3n) is 3.13. The summed E-state index contributed by atoms with van der Waals surface area (Å²) in [6.07, 6.45) is 1.08.